The van der Waals surface area contributed by atoms with Crippen LogP contribution in [0.25, 0.3) is 0 Å². The molecule has 1 N–H and O–H groups in total. The molecule has 0 aromatic heterocycles. The van der Waals surface area contributed by atoms with Gasteiger partial charge in [-0.15, -0.1) is 0 Å². The van der Waals surface area contributed by atoms with E-state index < -0.39 is 0 Å². The quantitative estimate of drug-likeness (QED) is 0.237. The first-order valence-electron chi connectivity index (χ1n) is 12.8. The van der Waals surface area contributed by atoms with Gasteiger partial charge in [-0.25, -0.2) is 0 Å². The van der Waals surface area contributed by atoms with Crippen LogP contribution in [0.2, 0.25) is 0 Å². The summed E-state index contributed by atoms with van der Waals surface area (Å²) in [4.78, 5) is 0. The SMILES string of the molecule is CCCCCCCCCC[C@@](Cc1cccc(OC)c1)(Nc1ccccc1)c1ccccc1. The van der Waals surface area contributed by atoms with Gasteiger partial charge < -0.3 is 10.1 Å². The third-order valence-corrected chi connectivity index (χ3v) is 6.58. The average molecular weight is 444 g/mol. The van der Waals surface area contributed by atoms with E-state index in [1.54, 1.807) is 7.11 Å². The Morgan fingerprint density at radius 3 is 2.00 bits per heavy atom. The molecule has 2 heteroatoms. The fourth-order valence-electron chi connectivity index (χ4n) is 4.76. The van der Waals surface area contributed by atoms with E-state index in [4.69, 9.17) is 4.74 Å². The van der Waals surface area contributed by atoms with E-state index in [0.717, 1.165) is 18.6 Å². The van der Waals surface area contributed by atoms with Crippen molar-refractivity contribution < 1.29 is 4.74 Å². The van der Waals surface area contributed by atoms with Gasteiger partial charge in [0.15, 0.2) is 0 Å². The van der Waals surface area contributed by atoms with Gasteiger partial charge in [0.25, 0.3) is 0 Å². The highest BCUT2D eigenvalue weighted by Crippen LogP contribution is 2.36. The maximum Gasteiger partial charge on any atom is 0.119 e. The van der Waals surface area contributed by atoms with Gasteiger partial charge in [0, 0.05) is 5.69 Å². The molecule has 1 atom stereocenters. The number of rotatable bonds is 15. The maximum absolute atomic E-state index is 5.53. The molecule has 0 heterocycles. The molecule has 0 fully saturated rings. The summed E-state index contributed by atoms with van der Waals surface area (Å²) in [6, 6.07) is 30.2. The Morgan fingerprint density at radius 2 is 1.33 bits per heavy atom. The van der Waals surface area contributed by atoms with Gasteiger partial charge in [0.2, 0.25) is 0 Å². The Hall–Kier alpha value is -2.74. The van der Waals surface area contributed by atoms with E-state index in [-0.39, 0.29) is 5.54 Å². The van der Waals surface area contributed by atoms with Gasteiger partial charge in [-0.3, -0.25) is 0 Å². The van der Waals surface area contributed by atoms with Crippen molar-refractivity contribution in [1.29, 1.82) is 0 Å². The van der Waals surface area contributed by atoms with Crippen LogP contribution < -0.4 is 10.1 Å². The summed E-state index contributed by atoms with van der Waals surface area (Å²) in [5.74, 6) is 0.918. The third-order valence-electron chi connectivity index (χ3n) is 6.58. The number of methoxy groups -OCH3 is 1. The van der Waals surface area contributed by atoms with Crippen molar-refractivity contribution in [2.24, 2.45) is 0 Å². The van der Waals surface area contributed by atoms with Gasteiger partial charge in [0.05, 0.1) is 12.6 Å². The summed E-state index contributed by atoms with van der Waals surface area (Å²) in [5, 5.41) is 3.97. The van der Waals surface area contributed by atoms with Gasteiger partial charge in [0.1, 0.15) is 5.75 Å². The molecule has 0 amide bonds. The first-order chi connectivity index (χ1) is 16.3. The third kappa shape index (κ3) is 7.96. The highest BCUT2D eigenvalue weighted by molar-refractivity contribution is 5.49. The summed E-state index contributed by atoms with van der Waals surface area (Å²) in [6.07, 6.45) is 12.7. The Balaban J connectivity index is 1.81. The zero-order chi connectivity index (χ0) is 23.2. The lowest BCUT2D eigenvalue weighted by Crippen LogP contribution is -2.38. The van der Waals surface area contributed by atoms with Crippen molar-refractivity contribution in [3.63, 3.8) is 0 Å². The van der Waals surface area contributed by atoms with Crippen LogP contribution in [0.3, 0.4) is 0 Å². The Kier molecular flexibility index (Phi) is 10.4. The molecule has 3 aromatic rings. The zero-order valence-electron chi connectivity index (χ0n) is 20.6. The zero-order valence-corrected chi connectivity index (χ0v) is 20.6. The monoisotopic (exact) mass is 443 g/mol. The summed E-state index contributed by atoms with van der Waals surface area (Å²) >= 11 is 0. The smallest absolute Gasteiger partial charge is 0.119 e. The summed E-state index contributed by atoms with van der Waals surface area (Å²) in [6.45, 7) is 2.28. The second-order valence-corrected chi connectivity index (χ2v) is 9.19. The molecule has 0 aliphatic carbocycles. The largest absolute Gasteiger partial charge is 0.497 e. The van der Waals surface area contributed by atoms with Crippen molar-refractivity contribution >= 4 is 5.69 Å². The first-order valence-corrected chi connectivity index (χ1v) is 12.8. The lowest BCUT2D eigenvalue weighted by atomic mass is 9.79. The van der Waals surface area contributed by atoms with Gasteiger partial charge >= 0.3 is 0 Å². The molecule has 3 rings (SSSR count). The second kappa shape index (κ2) is 13.7. The molecular weight excluding hydrogens is 402 g/mol. The van der Waals surface area contributed by atoms with E-state index in [9.17, 15) is 0 Å². The minimum Gasteiger partial charge on any atom is -0.497 e. The van der Waals surface area contributed by atoms with Crippen molar-refractivity contribution in [3.8, 4) is 5.75 Å². The van der Waals surface area contributed by atoms with E-state index >= 15 is 0 Å². The van der Waals surface area contributed by atoms with Gasteiger partial charge in [-0.05, 0) is 48.2 Å². The fourth-order valence-corrected chi connectivity index (χ4v) is 4.76. The first kappa shape index (κ1) is 24.9. The molecule has 0 unspecified atom stereocenters. The minimum atomic E-state index is -0.169. The minimum absolute atomic E-state index is 0.169. The van der Waals surface area contributed by atoms with Crippen LogP contribution in [0.15, 0.2) is 84.9 Å². The lowest BCUT2D eigenvalue weighted by molar-refractivity contribution is 0.406. The number of ether oxygens (including phenoxy) is 1. The molecule has 0 spiro atoms. The number of nitrogens with one attached hydrogen (secondary N) is 1. The number of para-hydroxylation sites is 1. The van der Waals surface area contributed by atoms with E-state index in [1.165, 1.54) is 68.2 Å². The van der Waals surface area contributed by atoms with Gasteiger partial charge in [-0.2, -0.15) is 0 Å². The van der Waals surface area contributed by atoms with Crippen LogP contribution in [0.1, 0.15) is 75.8 Å². The van der Waals surface area contributed by atoms with Crippen LogP contribution >= 0.6 is 0 Å². The lowest BCUT2D eigenvalue weighted by Gasteiger charge is -2.37. The van der Waals surface area contributed by atoms with Gasteiger partial charge in [-0.1, -0.05) is 119 Å². The molecule has 0 bridgehead atoms. The molecule has 0 aliphatic rings. The van der Waals surface area contributed by atoms with Crippen LogP contribution in [-0.2, 0) is 12.0 Å². The topological polar surface area (TPSA) is 21.3 Å². The molecule has 0 radical (unpaired) electrons. The normalized spacial score (nSPS) is 12.8. The Morgan fingerprint density at radius 1 is 0.697 bits per heavy atom. The van der Waals surface area contributed by atoms with Crippen molar-refractivity contribution in [3.05, 3.63) is 96.1 Å². The number of hydrogen-bond donors (Lipinski definition) is 1. The predicted octanol–water partition coefficient (Wildman–Crippen LogP) is 8.78. The molecule has 3 aromatic carbocycles. The van der Waals surface area contributed by atoms with Crippen LogP contribution in [-0.4, -0.2) is 7.11 Å². The van der Waals surface area contributed by atoms with Crippen molar-refractivity contribution in [2.45, 2.75) is 76.7 Å². The molecule has 176 valence electrons. The van der Waals surface area contributed by atoms with Crippen molar-refractivity contribution in [2.75, 3.05) is 12.4 Å². The van der Waals surface area contributed by atoms with Crippen LogP contribution in [0.4, 0.5) is 5.69 Å². The summed E-state index contributed by atoms with van der Waals surface area (Å²) in [5.41, 5.74) is 3.64. The van der Waals surface area contributed by atoms with Crippen LogP contribution in [0, 0.1) is 0 Å². The number of hydrogen-bond acceptors (Lipinski definition) is 2. The average Bonchev–Trinajstić information content (AvgIpc) is 2.87. The fraction of sp³-hybridized carbons (Fsp3) is 0.419. The highest BCUT2D eigenvalue weighted by atomic mass is 16.5. The van der Waals surface area contributed by atoms with Crippen molar-refractivity contribution in [1.82, 2.24) is 0 Å². The number of benzene rings is 3. The highest BCUT2D eigenvalue weighted by Gasteiger charge is 2.32. The predicted molar refractivity (Wildman–Crippen MR) is 142 cm³/mol. The molecule has 2 nitrogen and oxygen atoms in total. The molecule has 0 aliphatic heterocycles. The van der Waals surface area contributed by atoms with E-state index in [1.807, 2.05) is 6.07 Å². The van der Waals surface area contributed by atoms with E-state index in [0.29, 0.717) is 0 Å². The molecular formula is C31H41NO. The van der Waals surface area contributed by atoms with E-state index in [2.05, 4.69) is 91.1 Å². The molecule has 0 saturated carbocycles. The second-order valence-electron chi connectivity index (χ2n) is 9.19. The maximum atomic E-state index is 5.53. The molecule has 0 saturated heterocycles. The molecule has 33 heavy (non-hydrogen) atoms. The Labute approximate surface area is 201 Å². The number of anilines is 1. The summed E-state index contributed by atoms with van der Waals surface area (Å²) in [7, 11) is 1.74. The number of unbranched alkanes of at least 4 members (excludes halogenated alkanes) is 7. The van der Waals surface area contributed by atoms with Crippen LogP contribution in [0.5, 0.6) is 5.75 Å². The standard InChI is InChI=1S/C31H41NO/c1-3-4-5-6-7-8-9-16-24-31(28-19-12-10-13-20-28,32-29-21-14-11-15-22-29)26-27-18-17-23-30(25-27)33-2/h10-15,17-23,25,32H,3-9,16,24,26H2,1-2H3/t31-/m0/s1. The summed E-state index contributed by atoms with van der Waals surface area (Å²) < 4.78 is 5.53. The Bertz CT molecular complexity index is 908.